The zero-order valence-corrected chi connectivity index (χ0v) is 13.4. The minimum absolute atomic E-state index is 0.145. The minimum Gasteiger partial charge on any atom is -0.389 e. The fourth-order valence-corrected chi connectivity index (χ4v) is 4.57. The third kappa shape index (κ3) is 2.51. The molecule has 4 heteroatoms. The summed E-state index contributed by atoms with van der Waals surface area (Å²) in [5.74, 6) is 0.350. The van der Waals surface area contributed by atoms with E-state index in [2.05, 4.69) is 36.4 Å². The van der Waals surface area contributed by atoms with Crippen LogP contribution in [0.5, 0.6) is 0 Å². The lowest BCUT2D eigenvalue weighted by atomic mass is 9.62. The molecular formula is C16H24N2OS. The Hall–Kier alpha value is -0.870. The molecule has 1 fully saturated rings. The van der Waals surface area contributed by atoms with Gasteiger partial charge in [0, 0.05) is 24.2 Å². The summed E-state index contributed by atoms with van der Waals surface area (Å²) in [6, 6.07) is 0. The Morgan fingerprint density at radius 3 is 2.95 bits per heavy atom. The van der Waals surface area contributed by atoms with E-state index in [9.17, 15) is 5.11 Å². The van der Waals surface area contributed by atoms with Gasteiger partial charge in [-0.25, -0.2) is 4.98 Å². The summed E-state index contributed by atoms with van der Waals surface area (Å²) in [6.07, 6.45) is 9.18. The molecule has 0 aliphatic heterocycles. The maximum atomic E-state index is 11.2. The minimum atomic E-state index is -0.597. The molecule has 1 N–H and O–H groups in total. The van der Waals surface area contributed by atoms with Crippen LogP contribution in [0.1, 0.15) is 52.1 Å². The highest BCUT2D eigenvalue weighted by Crippen LogP contribution is 2.45. The van der Waals surface area contributed by atoms with E-state index >= 15 is 0 Å². The van der Waals surface area contributed by atoms with Crippen LogP contribution in [-0.2, 0) is 6.42 Å². The van der Waals surface area contributed by atoms with Crippen LogP contribution in [0.3, 0.4) is 0 Å². The van der Waals surface area contributed by atoms with Gasteiger partial charge in [-0.1, -0.05) is 33.6 Å². The van der Waals surface area contributed by atoms with E-state index in [1.54, 1.807) is 11.3 Å². The van der Waals surface area contributed by atoms with Crippen LogP contribution in [0.15, 0.2) is 17.8 Å². The van der Waals surface area contributed by atoms with Crippen molar-refractivity contribution < 1.29 is 5.11 Å². The Kier molecular flexibility index (Phi) is 3.41. The Labute approximate surface area is 124 Å². The first-order valence-corrected chi connectivity index (χ1v) is 8.40. The summed E-state index contributed by atoms with van der Waals surface area (Å²) in [5.41, 5.74) is 0.572. The van der Waals surface area contributed by atoms with E-state index in [1.807, 2.05) is 11.6 Å². The Morgan fingerprint density at radius 2 is 2.25 bits per heavy atom. The van der Waals surface area contributed by atoms with Gasteiger partial charge in [-0.2, -0.15) is 0 Å². The number of rotatable bonds is 2. The van der Waals surface area contributed by atoms with Gasteiger partial charge in [0.2, 0.25) is 0 Å². The molecule has 0 spiro atoms. The lowest BCUT2D eigenvalue weighted by molar-refractivity contribution is -0.0894. The molecule has 2 aromatic rings. The Balaban J connectivity index is 1.87. The van der Waals surface area contributed by atoms with E-state index < -0.39 is 5.60 Å². The molecule has 1 aliphatic rings. The second-order valence-corrected chi connectivity index (χ2v) is 8.14. The van der Waals surface area contributed by atoms with Crippen molar-refractivity contribution in [2.45, 2.75) is 58.5 Å². The molecule has 0 amide bonds. The summed E-state index contributed by atoms with van der Waals surface area (Å²) in [6.45, 7) is 6.75. The number of fused-ring (bicyclic) bond motifs is 1. The van der Waals surface area contributed by atoms with Crippen molar-refractivity contribution in [2.24, 2.45) is 11.3 Å². The van der Waals surface area contributed by atoms with Gasteiger partial charge >= 0.3 is 0 Å². The van der Waals surface area contributed by atoms with Crippen molar-refractivity contribution in [3.63, 3.8) is 0 Å². The average Bonchev–Trinajstić information content (AvgIpc) is 2.87. The van der Waals surface area contributed by atoms with E-state index in [4.69, 9.17) is 0 Å². The number of aromatic nitrogens is 2. The van der Waals surface area contributed by atoms with Crippen LogP contribution in [-0.4, -0.2) is 20.1 Å². The van der Waals surface area contributed by atoms with Gasteiger partial charge in [0.05, 0.1) is 11.3 Å². The zero-order valence-electron chi connectivity index (χ0n) is 12.6. The maximum absolute atomic E-state index is 11.2. The number of imidazole rings is 1. The molecule has 0 radical (unpaired) electrons. The first-order valence-electron chi connectivity index (χ1n) is 7.52. The van der Waals surface area contributed by atoms with E-state index in [-0.39, 0.29) is 5.41 Å². The summed E-state index contributed by atoms with van der Waals surface area (Å²) in [7, 11) is 0. The average molecular weight is 292 g/mol. The van der Waals surface area contributed by atoms with Crippen molar-refractivity contribution in [2.75, 3.05) is 0 Å². The predicted octanol–water partition coefficient (Wildman–Crippen LogP) is 3.91. The molecular weight excluding hydrogens is 268 g/mol. The molecule has 3 nitrogen and oxygen atoms in total. The van der Waals surface area contributed by atoms with Crippen LogP contribution >= 0.6 is 11.3 Å². The molecule has 0 bridgehead atoms. The predicted molar refractivity (Wildman–Crippen MR) is 83.1 cm³/mol. The van der Waals surface area contributed by atoms with Gasteiger partial charge in [-0.15, -0.1) is 11.3 Å². The molecule has 0 aromatic carbocycles. The summed E-state index contributed by atoms with van der Waals surface area (Å²) >= 11 is 1.65. The standard InChI is InChI=1S/C16H24N2OS/c1-15(2,3)13-6-4-5-7-16(13,19)10-12-11-18-8-9-20-14(18)17-12/h8-9,11,13,19H,4-7,10H2,1-3H3. The molecule has 1 saturated carbocycles. The highest BCUT2D eigenvalue weighted by atomic mass is 32.1. The highest BCUT2D eigenvalue weighted by molar-refractivity contribution is 7.15. The second-order valence-electron chi connectivity index (χ2n) is 7.27. The smallest absolute Gasteiger partial charge is 0.193 e. The molecule has 1 aliphatic carbocycles. The summed E-state index contributed by atoms with van der Waals surface area (Å²) < 4.78 is 2.05. The fraction of sp³-hybridized carbons (Fsp3) is 0.688. The molecule has 110 valence electrons. The van der Waals surface area contributed by atoms with E-state index in [0.717, 1.165) is 29.9 Å². The van der Waals surface area contributed by atoms with Crippen molar-refractivity contribution in [1.29, 1.82) is 0 Å². The van der Waals surface area contributed by atoms with Crippen LogP contribution in [0.4, 0.5) is 0 Å². The molecule has 2 unspecified atom stereocenters. The van der Waals surface area contributed by atoms with Crippen LogP contribution in [0.25, 0.3) is 4.96 Å². The zero-order chi connectivity index (χ0) is 14.4. The van der Waals surface area contributed by atoms with Gasteiger partial charge in [0.1, 0.15) is 0 Å². The van der Waals surface area contributed by atoms with Gasteiger partial charge in [0.15, 0.2) is 4.96 Å². The second kappa shape index (κ2) is 4.85. The Bertz CT molecular complexity index is 566. The first-order chi connectivity index (χ1) is 9.38. The van der Waals surface area contributed by atoms with Crippen molar-refractivity contribution >= 4 is 16.3 Å². The lowest BCUT2D eigenvalue weighted by Crippen LogP contribution is -2.48. The number of hydrogen-bond donors (Lipinski definition) is 1. The third-order valence-electron chi connectivity index (χ3n) is 4.68. The van der Waals surface area contributed by atoms with Gasteiger partial charge in [0.25, 0.3) is 0 Å². The number of hydrogen-bond acceptors (Lipinski definition) is 3. The van der Waals surface area contributed by atoms with Gasteiger partial charge < -0.3 is 5.11 Å². The third-order valence-corrected chi connectivity index (χ3v) is 5.45. The van der Waals surface area contributed by atoms with Crippen molar-refractivity contribution in [3.05, 3.63) is 23.5 Å². The summed E-state index contributed by atoms with van der Waals surface area (Å²) in [4.78, 5) is 5.67. The molecule has 0 saturated heterocycles. The highest BCUT2D eigenvalue weighted by Gasteiger charge is 2.45. The van der Waals surface area contributed by atoms with Crippen LogP contribution < -0.4 is 0 Å². The fourth-order valence-electron chi connectivity index (χ4n) is 3.85. The van der Waals surface area contributed by atoms with E-state index in [1.165, 1.54) is 6.42 Å². The van der Waals surface area contributed by atoms with Crippen LogP contribution in [0.2, 0.25) is 0 Å². The Morgan fingerprint density at radius 1 is 1.45 bits per heavy atom. The number of nitrogens with zero attached hydrogens (tertiary/aromatic N) is 2. The SMILES string of the molecule is CC(C)(C)C1CCCCC1(O)Cc1cn2ccsc2n1. The van der Waals surface area contributed by atoms with Crippen molar-refractivity contribution in [3.8, 4) is 0 Å². The normalized spacial score (nSPS) is 28.1. The molecule has 2 heterocycles. The quantitative estimate of drug-likeness (QED) is 0.911. The lowest BCUT2D eigenvalue weighted by Gasteiger charge is -2.46. The first kappa shape index (κ1) is 14.1. The van der Waals surface area contributed by atoms with E-state index in [0.29, 0.717) is 12.3 Å². The van der Waals surface area contributed by atoms with Crippen LogP contribution in [0, 0.1) is 11.3 Å². The molecule has 2 aromatic heterocycles. The topological polar surface area (TPSA) is 37.5 Å². The van der Waals surface area contributed by atoms with Crippen molar-refractivity contribution in [1.82, 2.24) is 9.38 Å². The van der Waals surface area contributed by atoms with Gasteiger partial charge in [-0.3, -0.25) is 4.40 Å². The summed E-state index contributed by atoms with van der Waals surface area (Å²) in [5, 5.41) is 13.3. The van der Waals surface area contributed by atoms with Gasteiger partial charge in [-0.05, 0) is 24.2 Å². The largest absolute Gasteiger partial charge is 0.389 e. The maximum Gasteiger partial charge on any atom is 0.193 e. The monoisotopic (exact) mass is 292 g/mol. The number of aliphatic hydroxyl groups is 1. The number of thiazole rings is 1. The molecule has 20 heavy (non-hydrogen) atoms. The molecule has 3 rings (SSSR count). The molecule has 2 atom stereocenters.